The fraction of sp³-hybridized carbons (Fsp3) is 0.500. The first-order chi connectivity index (χ1) is 8.69. The molecule has 18 heavy (non-hydrogen) atoms. The molecule has 4 heteroatoms. The van der Waals surface area contributed by atoms with Crippen LogP contribution in [0, 0.1) is 0 Å². The number of nitrogens with two attached hydrogens (primary N) is 1. The Hall–Kier alpha value is -1.71. The number of carbonyl (C=O) groups excluding carboxylic acids is 1. The van der Waals surface area contributed by atoms with E-state index in [0.29, 0.717) is 36.2 Å². The van der Waals surface area contributed by atoms with E-state index < -0.39 is 0 Å². The number of rotatable bonds is 5. The van der Waals surface area contributed by atoms with E-state index in [4.69, 9.17) is 10.5 Å². The van der Waals surface area contributed by atoms with E-state index in [0.717, 1.165) is 12.8 Å². The lowest BCUT2D eigenvalue weighted by Gasteiger charge is -2.22. The van der Waals surface area contributed by atoms with Crippen molar-refractivity contribution < 1.29 is 9.53 Å². The summed E-state index contributed by atoms with van der Waals surface area (Å²) in [6, 6.07) is 5.74. The zero-order valence-corrected chi connectivity index (χ0v) is 11.0. The van der Waals surface area contributed by atoms with Crippen molar-refractivity contribution >= 4 is 11.6 Å². The largest absolute Gasteiger partial charge is 0.493 e. The average molecular weight is 248 g/mol. The van der Waals surface area contributed by atoms with Crippen LogP contribution in [0.2, 0.25) is 0 Å². The molecule has 2 N–H and O–H groups in total. The Morgan fingerprint density at radius 1 is 1.44 bits per heavy atom. The molecule has 1 aliphatic carbocycles. The number of nitrogens with zero attached hydrogens (tertiary/aromatic N) is 1. The summed E-state index contributed by atoms with van der Waals surface area (Å²) in [5.41, 5.74) is 6.94. The Morgan fingerprint density at radius 3 is 2.72 bits per heavy atom. The molecule has 0 unspecified atom stereocenters. The maximum absolute atomic E-state index is 12.5. The Morgan fingerprint density at radius 2 is 2.17 bits per heavy atom. The highest BCUT2D eigenvalue weighted by molar-refractivity contribution is 6.02. The number of carbonyl (C=O) groups is 1. The highest BCUT2D eigenvalue weighted by Gasteiger charge is 2.33. The van der Waals surface area contributed by atoms with Crippen LogP contribution in [-0.4, -0.2) is 30.0 Å². The van der Waals surface area contributed by atoms with Crippen LogP contribution in [0.15, 0.2) is 18.2 Å². The van der Waals surface area contributed by atoms with Gasteiger partial charge in [0, 0.05) is 18.3 Å². The molecule has 0 atom stereocenters. The number of hydrogen-bond donors (Lipinski definition) is 1. The zero-order chi connectivity index (χ0) is 13.1. The van der Waals surface area contributed by atoms with E-state index in [1.807, 2.05) is 24.8 Å². The summed E-state index contributed by atoms with van der Waals surface area (Å²) in [4.78, 5) is 14.4. The quantitative estimate of drug-likeness (QED) is 0.813. The fourth-order valence-electron chi connectivity index (χ4n) is 2.15. The molecule has 0 saturated heterocycles. The van der Waals surface area contributed by atoms with Gasteiger partial charge in [0.05, 0.1) is 6.61 Å². The molecule has 0 aliphatic heterocycles. The van der Waals surface area contributed by atoms with Gasteiger partial charge in [-0.1, -0.05) is 6.07 Å². The highest BCUT2D eigenvalue weighted by Crippen LogP contribution is 2.32. The van der Waals surface area contributed by atoms with Gasteiger partial charge in [0.15, 0.2) is 0 Å². The molecular formula is C14H20N2O2. The smallest absolute Gasteiger partial charge is 0.259 e. The van der Waals surface area contributed by atoms with Crippen LogP contribution in [0.25, 0.3) is 0 Å². The van der Waals surface area contributed by atoms with E-state index in [2.05, 4.69) is 0 Å². The van der Waals surface area contributed by atoms with Gasteiger partial charge in [-0.3, -0.25) is 4.79 Å². The van der Waals surface area contributed by atoms with Gasteiger partial charge in [0.2, 0.25) is 0 Å². The first-order valence-corrected chi connectivity index (χ1v) is 6.51. The van der Waals surface area contributed by atoms with E-state index in [-0.39, 0.29) is 5.91 Å². The van der Waals surface area contributed by atoms with Gasteiger partial charge in [-0.15, -0.1) is 0 Å². The monoisotopic (exact) mass is 248 g/mol. The molecule has 1 amide bonds. The molecule has 1 saturated carbocycles. The number of hydrogen-bond acceptors (Lipinski definition) is 3. The highest BCUT2D eigenvalue weighted by atomic mass is 16.5. The number of nitrogen functional groups attached to an aromatic ring is 1. The van der Waals surface area contributed by atoms with Crippen molar-refractivity contribution in [2.45, 2.75) is 32.7 Å². The topological polar surface area (TPSA) is 55.6 Å². The number of benzene rings is 1. The molecule has 0 radical (unpaired) electrons. The van der Waals surface area contributed by atoms with E-state index in [1.54, 1.807) is 12.1 Å². The Balaban J connectivity index is 2.32. The van der Waals surface area contributed by atoms with Gasteiger partial charge in [0.1, 0.15) is 11.3 Å². The van der Waals surface area contributed by atoms with Crippen LogP contribution in [0.3, 0.4) is 0 Å². The predicted octanol–water partition coefficient (Wildman–Crippen LogP) is 2.29. The molecule has 0 bridgehead atoms. The fourth-order valence-corrected chi connectivity index (χ4v) is 2.15. The van der Waals surface area contributed by atoms with Gasteiger partial charge in [-0.25, -0.2) is 0 Å². The first-order valence-electron chi connectivity index (χ1n) is 6.51. The molecule has 0 spiro atoms. The summed E-state index contributed by atoms with van der Waals surface area (Å²) in [6.07, 6.45) is 2.19. The Bertz CT molecular complexity index is 441. The molecule has 4 nitrogen and oxygen atoms in total. The second-order valence-electron chi connectivity index (χ2n) is 4.48. The SMILES string of the molecule is CCOc1cccc(N)c1C(=O)N(CC)C1CC1. The summed E-state index contributed by atoms with van der Waals surface area (Å²) in [7, 11) is 0. The summed E-state index contributed by atoms with van der Waals surface area (Å²) in [5, 5.41) is 0. The lowest BCUT2D eigenvalue weighted by Crippen LogP contribution is -2.33. The second-order valence-corrected chi connectivity index (χ2v) is 4.48. The molecule has 1 aromatic rings. The predicted molar refractivity (Wildman–Crippen MR) is 71.8 cm³/mol. The first kappa shape index (κ1) is 12.7. The zero-order valence-electron chi connectivity index (χ0n) is 11.0. The van der Waals surface area contributed by atoms with E-state index in [9.17, 15) is 4.79 Å². The molecule has 1 aliphatic rings. The van der Waals surface area contributed by atoms with Crippen molar-refractivity contribution in [1.29, 1.82) is 0 Å². The maximum Gasteiger partial charge on any atom is 0.259 e. The standard InChI is InChI=1S/C14H20N2O2/c1-3-16(10-8-9-10)14(17)13-11(15)6-5-7-12(13)18-4-2/h5-7,10H,3-4,8-9,15H2,1-2H3. The Labute approximate surface area is 108 Å². The maximum atomic E-state index is 12.5. The number of amides is 1. The molecule has 1 fully saturated rings. The van der Waals surface area contributed by atoms with Crippen molar-refractivity contribution in [2.75, 3.05) is 18.9 Å². The lowest BCUT2D eigenvalue weighted by atomic mass is 10.1. The number of anilines is 1. The Kier molecular flexibility index (Phi) is 3.75. The van der Waals surface area contributed by atoms with Crippen LogP contribution in [0.1, 0.15) is 37.0 Å². The minimum absolute atomic E-state index is 0.0125. The van der Waals surface area contributed by atoms with Gasteiger partial charge < -0.3 is 15.4 Å². The minimum atomic E-state index is -0.0125. The third-order valence-corrected chi connectivity index (χ3v) is 3.16. The summed E-state index contributed by atoms with van der Waals surface area (Å²) in [5.74, 6) is 0.572. The molecule has 0 aromatic heterocycles. The van der Waals surface area contributed by atoms with E-state index >= 15 is 0 Å². The van der Waals surface area contributed by atoms with Gasteiger partial charge >= 0.3 is 0 Å². The summed E-state index contributed by atoms with van der Waals surface area (Å²) < 4.78 is 5.51. The third kappa shape index (κ3) is 2.42. The van der Waals surface area contributed by atoms with Crippen molar-refractivity contribution in [3.63, 3.8) is 0 Å². The molecule has 1 aromatic carbocycles. The average Bonchev–Trinajstić information content (AvgIpc) is 3.15. The van der Waals surface area contributed by atoms with Crippen molar-refractivity contribution in [1.82, 2.24) is 4.90 Å². The lowest BCUT2D eigenvalue weighted by molar-refractivity contribution is 0.0749. The van der Waals surface area contributed by atoms with Crippen LogP contribution in [0.4, 0.5) is 5.69 Å². The van der Waals surface area contributed by atoms with Gasteiger partial charge in [0.25, 0.3) is 5.91 Å². The van der Waals surface area contributed by atoms with E-state index in [1.165, 1.54) is 0 Å². The van der Waals surface area contributed by atoms with Crippen molar-refractivity contribution in [2.24, 2.45) is 0 Å². The summed E-state index contributed by atoms with van der Waals surface area (Å²) >= 11 is 0. The van der Waals surface area contributed by atoms with Crippen molar-refractivity contribution in [3.8, 4) is 5.75 Å². The molecular weight excluding hydrogens is 228 g/mol. The summed E-state index contributed by atoms with van der Waals surface area (Å²) in [6.45, 7) is 5.13. The van der Waals surface area contributed by atoms with Crippen LogP contribution in [0.5, 0.6) is 5.75 Å². The second kappa shape index (κ2) is 5.29. The minimum Gasteiger partial charge on any atom is -0.493 e. The van der Waals surface area contributed by atoms with Crippen molar-refractivity contribution in [3.05, 3.63) is 23.8 Å². The van der Waals surface area contributed by atoms with Crippen LogP contribution >= 0.6 is 0 Å². The van der Waals surface area contributed by atoms with Gasteiger partial charge in [-0.05, 0) is 38.8 Å². The normalized spacial score (nSPS) is 14.3. The third-order valence-electron chi connectivity index (χ3n) is 3.16. The van der Waals surface area contributed by atoms with Gasteiger partial charge in [-0.2, -0.15) is 0 Å². The van der Waals surface area contributed by atoms with Crippen LogP contribution in [-0.2, 0) is 0 Å². The molecule has 0 heterocycles. The molecule has 2 rings (SSSR count). The number of ether oxygens (including phenoxy) is 1. The molecule has 98 valence electrons. The van der Waals surface area contributed by atoms with Crippen LogP contribution < -0.4 is 10.5 Å².